The van der Waals surface area contributed by atoms with Gasteiger partial charge in [-0.15, -0.1) is 0 Å². The predicted molar refractivity (Wildman–Crippen MR) is 67.5 cm³/mol. The first kappa shape index (κ1) is 11.6. The minimum absolute atomic E-state index is 0.402. The molecule has 1 aromatic carbocycles. The van der Waals surface area contributed by atoms with Crippen molar-refractivity contribution in [2.24, 2.45) is 0 Å². The Bertz CT molecular complexity index is 312. The smallest absolute Gasteiger partial charge is 0.0488 e. The first-order valence-electron chi connectivity index (χ1n) is 5.96. The molecule has 1 aliphatic heterocycles. The van der Waals surface area contributed by atoms with Gasteiger partial charge in [0.15, 0.2) is 0 Å². The van der Waals surface area contributed by atoms with Crippen LogP contribution in [0.25, 0.3) is 0 Å². The summed E-state index contributed by atoms with van der Waals surface area (Å²) in [4.78, 5) is 2.44. The van der Waals surface area contributed by atoms with Gasteiger partial charge in [-0.05, 0) is 19.7 Å². The number of piperazine rings is 1. The molecule has 0 aromatic heterocycles. The minimum Gasteiger partial charge on any atom is -0.314 e. The van der Waals surface area contributed by atoms with Crippen molar-refractivity contribution in [3.8, 4) is 0 Å². The van der Waals surface area contributed by atoms with Gasteiger partial charge >= 0.3 is 0 Å². The van der Waals surface area contributed by atoms with Gasteiger partial charge in [0.1, 0.15) is 0 Å². The molecule has 2 atom stereocenters. The number of likely N-dealkylation sites (N-methyl/N-ethyl adjacent to an activating group) is 2. The fourth-order valence-corrected chi connectivity index (χ4v) is 2.44. The van der Waals surface area contributed by atoms with Crippen molar-refractivity contribution in [3.63, 3.8) is 0 Å². The van der Waals surface area contributed by atoms with Crippen molar-refractivity contribution in [1.29, 1.82) is 0 Å². The van der Waals surface area contributed by atoms with Crippen molar-refractivity contribution in [3.05, 3.63) is 35.9 Å². The highest BCUT2D eigenvalue weighted by atomic mass is 15.2. The zero-order chi connectivity index (χ0) is 11.4. The van der Waals surface area contributed by atoms with Gasteiger partial charge in [0, 0.05) is 31.7 Å². The quantitative estimate of drug-likeness (QED) is 0.789. The molecular formula is C13H21N3. The van der Waals surface area contributed by atoms with Crippen LogP contribution in [0, 0.1) is 0 Å². The molecule has 2 unspecified atom stereocenters. The van der Waals surface area contributed by atoms with Gasteiger partial charge in [0.25, 0.3) is 0 Å². The van der Waals surface area contributed by atoms with Crippen LogP contribution in [0.15, 0.2) is 30.3 Å². The highest BCUT2D eigenvalue weighted by molar-refractivity contribution is 5.21. The predicted octanol–water partition coefficient (Wildman–Crippen LogP) is 0.851. The average Bonchev–Trinajstić information content (AvgIpc) is 2.34. The van der Waals surface area contributed by atoms with Gasteiger partial charge < -0.3 is 10.6 Å². The molecule has 0 saturated carbocycles. The normalized spacial score (nSPS) is 24.2. The summed E-state index contributed by atoms with van der Waals surface area (Å²) in [6, 6.07) is 11.6. The molecular weight excluding hydrogens is 198 g/mol. The molecule has 2 N–H and O–H groups in total. The zero-order valence-electron chi connectivity index (χ0n) is 10.1. The van der Waals surface area contributed by atoms with E-state index in [4.69, 9.17) is 0 Å². The van der Waals surface area contributed by atoms with Gasteiger partial charge in [-0.2, -0.15) is 0 Å². The van der Waals surface area contributed by atoms with Crippen LogP contribution in [0.1, 0.15) is 11.6 Å². The standard InChI is InChI=1S/C13H21N3/c1-14-13(11-6-4-3-5-7-11)12-10-15-8-9-16(12)2/h3-7,12-15H,8-10H2,1-2H3. The van der Waals surface area contributed by atoms with Crippen LogP contribution in [-0.4, -0.2) is 44.7 Å². The van der Waals surface area contributed by atoms with Crippen LogP contribution >= 0.6 is 0 Å². The third-order valence-corrected chi connectivity index (χ3v) is 3.42. The van der Waals surface area contributed by atoms with E-state index in [1.165, 1.54) is 5.56 Å². The number of rotatable bonds is 3. The van der Waals surface area contributed by atoms with Gasteiger partial charge in [-0.1, -0.05) is 30.3 Å². The third kappa shape index (κ3) is 2.43. The lowest BCUT2D eigenvalue weighted by atomic mass is 9.97. The Morgan fingerprint density at radius 1 is 1.38 bits per heavy atom. The number of benzene rings is 1. The van der Waals surface area contributed by atoms with Gasteiger partial charge in [-0.25, -0.2) is 0 Å². The number of nitrogens with zero attached hydrogens (tertiary/aromatic N) is 1. The Morgan fingerprint density at radius 2 is 2.12 bits per heavy atom. The SMILES string of the molecule is CNC(c1ccccc1)C1CNCCN1C. The molecule has 1 fully saturated rings. The molecule has 0 aliphatic carbocycles. The van der Waals surface area contributed by atoms with Crippen molar-refractivity contribution in [2.75, 3.05) is 33.7 Å². The van der Waals surface area contributed by atoms with E-state index in [2.05, 4.69) is 52.9 Å². The second-order valence-electron chi connectivity index (χ2n) is 4.43. The molecule has 1 aromatic rings. The molecule has 3 nitrogen and oxygen atoms in total. The van der Waals surface area contributed by atoms with E-state index in [-0.39, 0.29) is 0 Å². The topological polar surface area (TPSA) is 27.3 Å². The second kappa shape index (κ2) is 5.43. The third-order valence-electron chi connectivity index (χ3n) is 3.42. The van der Waals surface area contributed by atoms with E-state index in [0.29, 0.717) is 12.1 Å². The molecule has 3 heteroatoms. The molecule has 1 aliphatic rings. The molecule has 0 radical (unpaired) electrons. The average molecular weight is 219 g/mol. The molecule has 1 heterocycles. The summed E-state index contributed by atoms with van der Waals surface area (Å²) in [7, 11) is 4.25. The fourth-order valence-electron chi connectivity index (χ4n) is 2.44. The molecule has 0 spiro atoms. The van der Waals surface area contributed by atoms with Crippen molar-refractivity contribution < 1.29 is 0 Å². The van der Waals surface area contributed by atoms with Gasteiger partial charge in [0.2, 0.25) is 0 Å². The summed E-state index contributed by atoms with van der Waals surface area (Å²) in [6.07, 6.45) is 0. The summed E-state index contributed by atoms with van der Waals surface area (Å²) in [5.41, 5.74) is 1.37. The highest BCUT2D eigenvalue weighted by Crippen LogP contribution is 2.20. The monoisotopic (exact) mass is 219 g/mol. The Labute approximate surface area is 97.8 Å². The lowest BCUT2D eigenvalue weighted by molar-refractivity contribution is 0.162. The van der Waals surface area contributed by atoms with Crippen LogP contribution in [0.3, 0.4) is 0 Å². The summed E-state index contributed by atoms with van der Waals surface area (Å²) >= 11 is 0. The lowest BCUT2D eigenvalue weighted by Gasteiger charge is -2.38. The fraction of sp³-hybridized carbons (Fsp3) is 0.538. The molecule has 88 valence electrons. The summed E-state index contributed by atoms with van der Waals surface area (Å²) in [5.74, 6) is 0. The van der Waals surface area contributed by atoms with Crippen molar-refractivity contribution in [2.45, 2.75) is 12.1 Å². The first-order valence-corrected chi connectivity index (χ1v) is 5.96. The van der Waals surface area contributed by atoms with Crippen LogP contribution in [0.2, 0.25) is 0 Å². The van der Waals surface area contributed by atoms with Crippen molar-refractivity contribution >= 4 is 0 Å². The maximum Gasteiger partial charge on any atom is 0.0488 e. The zero-order valence-corrected chi connectivity index (χ0v) is 10.1. The van der Waals surface area contributed by atoms with Crippen LogP contribution < -0.4 is 10.6 Å². The minimum atomic E-state index is 0.402. The molecule has 1 saturated heterocycles. The highest BCUT2D eigenvalue weighted by Gasteiger charge is 2.27. The Kier molecular flexibility index (Phi) is 3.93. The molecule has 0 bridgehead atoms. The van der Waals surface area contributed by atoms with Gasteiger partial charge in [-0.3, -0.25) is 4.90 Å². The van der Waals surface area contributed by atoms with E-state index in [9.17, 15) is 0 Å². The van der Waals surface area contributed by atoms with Gasteiger partial charge in [0.05, 0.1) is 0 Å². The summed E-state index contributed by atoms with van der Waals surface area (Å²) < 4.78 is 0. The van der Waals surface area contributed by atoms with E-state index in [1.807, 2.05) is 7.05 Å². The Balaban J connectivity index is 2.15. The molecule has 16 heavy (non-hydrogen) atoms. The van der Waals surface area contributed by atoms with Crippen LogP contribution in [0.5, 0.6) is 0 Å². The van der Waals surface area contributed by atoms with E-state index >= 15 is 0 Å². The lowest BCUT2D eigenvalue weighted by Crippen LogP contribution is -2.54. The van der Waals surface area contributed by atoms with E-state index in [0.717, 1.165) is 19.6 Å². The second-order valence-corrected chi connectivity index (χ2v) is 4.43. The van der Waals surface area contributed by atoms with E-state index in [1.54, 1.807) is 0 Å². The number of nitrogens with one attached hydrogen (secondary N) is 2. The van der Waals surface area contributed by atoms with Crippen LogP contribution in [0.4, 0.5) is 0 Å². The Hall–Kier alpha value is -0.900. The maximum atomic E-state index is 3.47. The summed E-state index contributed by atoms with van der Waals surface area (Å²) in [6.45, 7) is 3.27. The number of hydrogen-bond donors (Lipinski definition) is 2. The molecule has 0 amide bonds. The first-order chi connectivity index (χ1) is 7.83. The number of hydrogen-bond acceptors (Lipinski definition) is 3. The van der Waals surface area contributed by atoms with Crippen molar-refractivity contribution in [1.82, 2.24) is 15.5 Å². The Morgan fingerprint density at radius 3 is 2.75 bits per heavy atom. The largest absolute Gasteiger partial charge is 0.314 e. The van der Waals surface area contributed by atoms with Crippen LogP contribution in [-0.2, 0) is 0 Å². The molecule has 2 rings (SSSR count). The maximum absolute atomic E-state index is 3.47. The summed E-state index contributed by atoms with van der Waals surface area (Å²) in [5, 5.41) is 6.90. The van der Waals surface area contributed by atoms with E-state index < -0.39 is 0 Å².